The van der Waals surface area contributed by atoms with E-state index in [-0.39, 0.29) is 12.5 Å². The zero-order valence-electron chi connectivity index (χ0n) is 10.5. The Morgan fingerprint density at radius 1 is 1.44 bits per heavy atom. The minimum absolute atomic E-state index is 0.108. The summed E-state index contributed by atoms with van der Waals surface area (Å²) in [6.45, 7) is 7.43. The molecule has 4 heteroatoms. The van der Waals surface area contributed by atoms with Gasteiger partial charge in [-0.15, -0.1) is 0 Å². The van der Waals surface area contributed by atoms with Gasteiger partial charge in [0, 0.05) is 25.7 Å². The molecule has 1 aliphatic heterocycles. The number of amides is 1. The summed E-state index contributed by atoms with van der Waals surface area (Å²) >= 11 is 0. The molecule has 1 N–H and O–H groups in total. The topological polar surface area (TPSA) is 41.6 Å². The van der Waals surface area contributed by atoms with Crippen molar-refractivity contribution in [3.8, 4) is 0 Å². The van der Waals surface area contributed by atoms with Crippen LogP contribution >= 0.6 is 0 Å². The van der Waals surface area contributed by atoms with Gasteiger partial charge in [-0.2, -0.15) is 0 Å². The fourth-order valence-electron chi connectivity index (χ4n) is 2.03. The summed E-state index contributed by atoms with van der Waals surface area (Å²) in [6.07, 6.45) is 3.71. The van der Waals surface area contributed by atoms with Gasteiger partial charge >= 0.3 is 0 Å². The highest BCUT2D eigenvalue weighted by Crippen LogP contribution is 2.08. The van der Waals surface area contributed by atoms with E-state index in [9.17, 15) is 4.79 Å². The molecule has 0 saturated carbocycles. The summed E-state index contributed by atoms with van der Waals surface area (Å²) in [5.41, 5.74) is 0. The molecule has 1 saturated heterocycles. The SMILES string of the molecule is CCOCC(=O)N(CC)CC1CCCCN1. The van der Waals surface area contributed by atoms with Crippen LogP contribution in [-0.2, 0) is 9.53 Å². The van der Waals surface area contributed by atoms with E-state index in [1.54, 1.807) is 0 Å². The minimum atomic E-state index is 0.108. The first kappa shape index (κ1) is 13.5. The van der Waals surface area contributed by atoms with Gasteiger partial charge in [0.2, 0.25) is 5.91 Å². The molecule has 0 radical (unpaired) electrons. The molecule has 1 aliphatic rings. The molecular formula is C12H24N2O2. The third kappa shape index (κ3) is 4.49. The molecule has 0 spiro atoms. The zero-order valence-corrected chi connectivity index (χ0v) is 10.5. The lowest BCUT2D eigenvalue weighted by Gasteiger charge is -2.29. The Bertz CT molecular complexity index is 203. The third-order valence-electron chi connectivity index (χ3n) is 3.02. The van der Waals surface area contributed by atoms with Crippen molar-refractivity contribution >= 4 is 5.91 Å². The molecule has 1 fully saturated rings. The van der Waals surface area contributed by atoms with E-state index in [0.717, 1.165) is 19.6 Å². The standard InChI is InChI=1S/C12H24N2O2/c1-3-14(12(15)10-16-4-2)9-11-7-5-6-8-13-11/h11,13H,3-10H2,1-2H3. The van der Waals surface area contributed by atoms with E-state index in [4.69, 9.17) is 4.74 Å². The molecule has 16 heavy (non-hydrogen) atoms. The molecule has 1 unspecified atom stereocenters. The minimum Gasteiger partial charge on any atom is -0.372 e. The second kappa shape index (κ2) is 7.63. The smallest absolute Gasteiger partial charge is 0.248 e. The van der Waals surface area contributed by atoms with Crippen LogP contribution in [0.5, 0.6) is 0 Å². The molecule has 1 amide bonds. The van der Waals surface area contributed by atoms with Crippen LogP contribution in [0.3, 0.4) is 0 Å². The van der Waals surface area contributed by atoms with Crippen LogP contribution in [0.4, 0.5) is 0 Å². The molecule has 1 rings (SSSR count). The highest BCUT2D eigenvalue weighted by atomic mass is 16.5. The average molecular weight is 228 g/mol. The van der Waals surface area contributed by atoms with Gasteiger partial charge < -0.3 is 15.0 Å². The lowest BCUT2D eigenvalue weighted by molar-refractivity contribution is -0.136. The third-order valence-corrected chi connectivity index (χ3v) is 3.02. The quantitative estimate of drug-likeness (QED) is 0.738. The Hall–Kier alpha value is -0.610. The zero-order chi connectivity index (χ0) is 11.8. The molecule has 0 bridgehead atoms. The number of carbonyl (C=O) groups is 1. The highest BCUT2D eigenvalue weighted by molar-refractivity contribution is 5.77. The number of nitrogens with one attached hydrogen (secondary N) is 1. The van der Waals surface area contributed by atoms with Crippen molar-refractivity contribution in [3.05, 3.63) is 0 Å². The number of likely N-dealkylation sites (N-methyl/N-ethyl adjacent to an activating group) is 1. The molecule has 0 aliphatic carbocycles. The maximum absolute atomic E-state index is 11.8. The molecule has 0 aromatic carbocycles. The number of piperidine rings is 1. The van der Waals surface area contributed by atoms with Gasteiger partial charge in [-0.25, -0.2) is 0 Å². The summed E-state index contributed by atoms with van der Waals surface area (Å²) < 4.78 is 5.16. The number of ether oxygens (including phenoxy) is 1. The van der Waals surface area contributed by atoms with Gasteiger partial charge in [-0.3, -0.25) is 4.79 Å². The Labute approximate surface area is 98.3 Å². The molecule has 94 valence electrons. The van der Waals surface area contributed by atoms with Crippen molar-refractivity contribution < 1.29 is 9.53 Å². The van der Waals surface area contributed by atoms with Gasteiger partial charge in [0.15, 0.2) is 0 Å². The average Bonchev–Trinajstić information content (AvgIpc) is 2.34. The molecule has 0 aromatic heterocycles. The van der Waals surface area contributed by atoms with E-state index in [1.165, 1.54) is 19.3 Å². The first-order valence-corrected chi connectivity index (χ1v) is 6.36. The van der Waals surface area contributed by atoms with Crippen molar-refractivity contribution in [3.63, 3.8) is 0 Å². The van der Waals surface area contributed by atoms with Crippen LogP contribution in [0.2, 0.25) is 0 Å². The van der Waals surface area contributed by atoms with Crippen molar-refractivity contribution in [2.24, 2.45) is 0 Å². The van der Waals surface area contributed by atoms with Crippen LogP contribution in [-0.4, -0.2) is 49.7 Å². The monoisotopic (exact) mass is 228 g/mol. The largest absolute Gasteiger partial charge is 0.372 e. The van der Waals surface area contributed by atoms with Gasteiger partial charge in [-0.1, -0.05) is 6.42 Å². The van der Waals surface area contributed by atoms with E-state index < -0.39 is 0 Å². The second-order valence-electron chi connectivity index (χ2n) is 4.22. The summed E-state index contributed by atoms with van der Waals surface area (Å²) in [4.78, 5) is 13.7. The fraction of sp³-hybridized carbons (Fsp3) is 0.917. The Morgan fingerprint density at radius 3 is 2.81 bits per heavy atom. The Balaban J connectivity index is 2.31. The van der Waals surface area contributed by atoms with Crippen molar-refractivity contribution in [2.45, 2.75) is 39.2 Å². The summed E-state index contributed by atoms with van der Waals surface area (Å²) in [7, 11) is 0. The lowest BCUT2D eigenvalue weighted by atomic mass is 10.0. The van der Waals surface area contributed by atoms with Crippen molar-refractivity contribution in [2.75, 3.05) is 32.8 Å². The summed E-state index contributed by atoms with van der Waals surface area (Å²) in [6, 6.07) is 0.472. The van der Waals surface area contributed by atoms with E-state index >= 15 is 0 Å². The summed E-state index contributed by atoms with van der Waals surface area (Å²) in [5.74, 6) is 0.108. The fourth-order valence-corrected chi connectivity index (χ4v) is 2.03. The van der Waals surface area contributed by atoms with E-state index in [0.29, 0.717) is 12.6 Å². The molecular weight excluding hydrogens is 204 g/mol. The number of hydrogen-bond acceptors (Lipinski definition) is 3. The number of nitrogens with zero attached hydrogens (tertiary/aromatic N) is 1. The molecule has 1 heterocycles. The maximum Gasteiger partial charge on any atom is 0.248 e. The summed E-state index contributed by atoms with van der Waals surface area (Å²) in [5, 5.41) is 3.46. The van der Waals surface area contributed by atoms with Gasteiger partial charge in [-0.05, 0) is 33.2 Å². The van der Waals surface area contributed by atoms with E-state index in [1.807, 2.05) is 18.7 Å². The van der Waals surface area contributed by atoms with Crippen LogP contribution in [0.1, 0.15) is 33.1 Å². The predicted octanol–water partition coefficient (Wildman–Crippen LogP) is 1.01. The maximum atomic E-state index is 11.8. The molecule has 4 nitrogen and oxygen atoms in total. The second-order valence-corrected chi connectivity index (χ2v) is 4.22. The Morgan fingerprint density at radius 2 is 2.25 bits per heavy atom. The van der Waals surface area contributed by atoms with Crippen molar-refractivity contribution in [1.29, 1.82) is 0 Å². The Kier molecular flexibility index (Phi) is 6.42. The van der Waals surface area contributed by atoms with Crippen LogP contribution in [0, 0.1) is 0 Å². The first-order chi connectivity index (χ1) is 7.77. The van der Waals surface area contributed by atoms with Gasteiger partial charge in [0.1, 0.15) is 6.61 Å². The lowest BCUT2D eigenvalue weighted by Crippen LogP contribution is -2.46. The normalized spacial score (nSPS) is 20.8. The van der Waals surface area contributed by atoms with E-state index in [2.05, 4.69) is 5.32 Å². The highest BCUT2D eigenvalue weighted by Gasteiger charge is 2.19. The predicted molar refractivity (Wildman–Crippen MR) is 64.4 cm³/mol. The first-order valence-electron chi connectivity index (χ1n) is 6.36. The van der Waals surface area contributed by atoms with Crippen LogP contribution < -0.4 is 5.32 Å². The molecule has 1 atom stereocenters. The van der Waals surface area contributed by atoms with Crippen LogP contribution in [0.25, 0.3) is 0 Å². The van der Waals surface area contributed by atoms with Crippen LogP contribution in [0.15, 0.2) is 0 Å². The van der Waals surface area contributed by atoms with Gasteiger partial charge in [0.25, 0.3) is 0 Å². The molecule has 0 aromatic rings. The van der Waals surface area contributed by atoms with Gasteiger partial charge in [0.05, 0.1) is 0 Å². The number of rotatable bonds is 6. The van der Waals surface area contributed by atoms with Crippen molar-refractivity contribution in [1.82, 2.24) is 10.2 Å². The number of hydrogen-bond donors (Lipinski definition) is 1. The number of carbonyl (C=O) groups excluding carboxylic acids is 1.